The summed E-state index contributed by atoms with van der Waals surface area (Å²) < 4.78 is 16.2. The highest BCUT2D eigenvalue weighted by Gasteiger charge is 2.25. The molecule has 38 heavy (non-hydrogen) atoms. The number of rotatable bonds is 5. The van der Waals surface area contributed by atoms with E-state index in [1.54, 1.807) is 17.1 Å². The number of hydrogen-bond acceptors (Lipinski definition) is 8. The smallest absolute Gasteiger partial charge is 0.240 e. The first-order valence-corrected chi connectivity index (χ1v) is 13.1. The van der Waals surface area contributed by atoms with Gasteiger partial charge in [-0.3, -0.25) is 19.7 Å². The van der Waals surface area contributed by atoms with E-state index in [2.05, 4.69) is 46.0 Å². The number of fused-ring (bicyclic) bond motifs is 4. The highest BCUT2D eigenvalue weighted by molar-refractivity contribution is 5.91. The van der Waals surface area contributed by atoms with Crippen LogP contribution in [0.5, 0.6) is 11.8 Å². The Kier molecular flexibility index (Phi) is 7.22. The molecule has 0 saturated carbocycles. The monoisotopic (exact) mass is 520 g/mol. The molecule has 1 atom stereocenters. The molecule has 5 rings (SSSR count). The molecule has 0 amide bonds. The quantitative estimate of drug-likeness (QED) is 0.410. The van der Waals surface area contributed by atoms with Crippen LogP contribution < -0.4 is 9.47 Å². The molecule has 0 saturated heterocycles. The molecule has 5 heterocycles. The van der Waals surface area contributed by atoms with E-state index >= 15 is 0 Å². The first-order chi connectivity index (χ1) is 18.2. The van der Waals surface area contributed by atoms with Crippen LogP contribution >= 0.6 is 0 Å². The molecule has 0 aromatic carbocycles. The summed E-state index contributed by atoms with van der Waals surface area (Å²) >= 11 is 0. The Balaban J connectivity index is 1.71. The number of aromatic amines is 1. The number of aromatic nitrogens is 7. The van der Waals surface area contributed by atoms with Gasteiger partial charge >= 0.3 is 0 Å². The molecule has 0 unspecified atom stereocenters. The summed E-state index contributed by atoms with van der Waals surface area (Å²) in [6.45, 7) is 12.0. The number of aryl methyl sites for hydroxylation is 1. The third kappa shape index (κ3) is 5.03. The van der Waals surface area contributed by atoms with Crippen molar-refractivity contribution in [2.45, 2.75) is 66.0 Å². The van der Waals surface area contributed by atoms with Gasteiger partial charge in [0.15, 0.2) is 0 Å². The molecule has 1 aliphatic heterocycles. The largest absolute Gasteiger partial charge is 0.473 e. The third-order valence-electron chi connectivity index (χ3n) is 6.66. The van der Waals surface area contributed by atoms with E-state index in [0.717, 1.165) is 39.1 Å². The molecule has 11 nitrogen and oxygen atoms in total. The van der Waals surface area contributed by atoms with Gasteiger partial charge in [0, 0.05) is 31.6 Å². The molecular weight excluding hydrogens is 484 g/mol. The number of aliphatic hydroxyl groups excluding tert-OH is 1. The number of nitrogens with zero attached hydrogens (tertiary/aromatic N) is 7. The molecule has 0 spiro atoms. The normalized spacial score (nSPS) is 17.3. The predicted molar refractivity (Wildman–Crippen MR) is 146 cm³/mol. The second-order valence-corrected chi connectivity index (χ2v) is 10.3. The van der Waals surface area contributed by atoms with Crippen LogP contribution in [0.4, 0.5) is 0 Å². The Hall–Kier alpha value is -3.70. The predicted octanol–water partition coefficient (Wildman–Crippen LogP) is 3.50. The lowest BCUT2D eigenvalue weighted by atomic mass is 10.1. The Morgan fingerprint density at radius 1 is 1.21 bits per heavy atom. The van der Waals surface area contributed by atoms with Crippen LogP contribution in [0.3, 0.4) is 0 Å². The van der Waals surface area contributed by atoms with Crippen LogP contribution in [0.1, 0.15) is 51.6 Å². The molecule has 0 radical (unpaired) electrons. The lowest BCUT2D eigenvalue weighted by Crippen LogP contribution is -2.39. The summed E-state index contributed by atoms with van der Waals surface area (Å²) in [6, 6.07) is 2.24. The van der Waals surface area contributed by atoms with E-state index in [9.17, 15) is 5.11 Å². The third-order valence-corrected chi connectivity index (χ3v) is 6.66. The number of H-pyrrole nitrogens is 1. The molecule has 1 aliphatic rings. The van der Waals surface area contributed by atoms with Crippen LogP contribution in [0.2, 0.25) is 0 Å². The van der Waals surface area contributed by atoms with Crippen molar-refractivity contribution in [3.63, 3.8) is 0 Å². The van der Waals surface area contributed by atoms with E-state index in [-0.39, 0.29) is 24.9 Å². The number of pyridine rings is 1. The van der Waals surface area contributed by atoms with Crippen LogP contribution in [0.15, 0.2) is 18.5 Å². The molecule has 4 aromatic heterocycles. The molecular formula is C27H36N8O3. The van der Waals surface area contributed by atoms with E-state index in [1.807, 2.05) is 43.8 Å². The minimum absolute atomic E-state index is 0.0246. The van der Waals surface area contributed by atoms with Crippen LogP contribution in [-0.2, 0) is 20.1 Å². The summed E-state index contributed by atoms with van der Waals surface area (Å²) in [4.78, 5) is 7.00. The van der Waals surface area contributed by atoms with Crippen molar-refractivity contribution < 1.29 is 14.6 Å². The van der Waals surface area contributed by atoms with Crippen molar-refractivity contribution in [1.82, 2.24) is 39.6 Å². The Labute approximate surface area is 222 Å². The van der Waals surface area contributed by atoms with Gasteiger partial charge in [-0.25, -0.2) is 4.68 Å². The lowest BCUT2D eigenvalue weighted by Gasteiger charge is -2.30. The fourth-order valence-corrected chi connectivity index (χ4v) is 4.73. The van der Waals surface area contributed by atoms with Crippen molar-refractivity contribution in [2.75, 3.05) is 13.2 Å². The standard InChI is InChI=1S/C27H36N8O3/c1-16(2)34-14-18(5)38-27-21(12-29-33(27)6)23-11-20-22(30-31-24(20)13-28-23)8-7-19-25(15-34)35(9-10-36)32-26(19)37-17(3)4/h7-8,11-13,16-18,36H,9-10,14-15H2,1-6H3,(H,30,31)/b8-7+/t18-/m1/s1. The van der Waals surface area contributed by atoms with E-state index in [1.165, 1.54) is 0 Å². The van der Waals surface area contributed by atoms with E-state index in [4.69, 9.17) is 14.6 Å². The van der Waals surface area contributed by atoms with Gasteiger partial charge < -0.3 is 14.6 Å². The summed E-state index contributed by atoms with van der Waals surface area (Å²) in [7, 11) is 1.88. The first-order valence-electron chi connectivity index (χ1n) is 13.1. The van der Waals surface area contributed by atoms with Gasteiger partial charge in [0.2, 0.25) is 11.8 Å². The number of aliphatic hydroxyl groups is 1. The zero-order valence-corrected chi connectivity index (χ0v) is 22.8. The fourth-order valence-electron chi connectivity index (χ4n) is 4.73. The highest BCUT2D eigenvalue weighted by atomic mass is 16.5. The number of ether oxygens (including phenoxy) is 2. The molecule has 2 bridgehead atoms. The minimum Gasteiger partial charge on any atom is -0.473 e. The van der Waals surface area contributed by atoms with Gasteiger partial charge in [-0.2, -0.15) is 10.2 Å². The summed E-state index contributed by atoms with van der Waals surface area (Å²) in [5.41, 5.74) is 5.04. The lowest BCUT2D eigenvalue weighted by molar-refractivity contribution is 0.109. The SMILES string of the molecule is CC(C)Oc1nn(CCO)c2c1/C=C/c1n[nH]c3cnc(cc13)-c1cnn(C)c1O[C@H](C)CN(C(C)C)C2. The fraction of sp³-hybridized carbons (Fsp3) is 0.481. The summed E-state index contributed by atoms with van der Waals surface area (Å²) in [5.74, 6) is 1.21. The molecule has 0 aliphatic carbocycles. The van der Waals surface area contributed by atoms with Crippen molar-refractivity contribution >= 4 is 23.1 Å². The maximum absolute atomic E-state index is 9.81. The Morgan fingerprint density at radius 2 is 2.03 bits per heavy atom. The van der Waals surface area contributed by atoms with Crippen molar-refractivity contribution in [1.29, 1.82) is 0 Å². The Bertz CT molecular complexity index is 1450. The maximum Gasteiger partial charge on any atom is 0.240 e. The average molecular weight is 521 g/mol. The average Bonchev–Trinajstić information content (AvgIpc) is 3.52. The number of hydrogen-bond donors (Lipinski definition) is 2. The van der Waals surface area contributed by atoms with E-state index < -0.39 is 0 Å². The zero-order valence-electron chi connectivity index (χ0n) is 22.8. The molecule has 2 N–H and O–H groups in total. The van der Waals surface area contributed by atoms with Crippen molar-refractivity contribution in [2.24, 2.45) is 7.05 Å². The van der Waals surface area contributed by atoms with Gasteiger partial charge in [0.25, 0.3) is 0 Å². The summed E-state index contributed by atoms with van der Waals surface area (Å²) in [5, 5.41) is 27.6. The zero-order chi connectivity index (χ0) is 27.0. The van der Waals surface area contributed by atoms with Crippen LogP contribution in [0.25, 0.3) is 34.3 Å². The van der Waals surface area contributed by atoms with Crippen LogP contribution in [-0.4, -0.2) is 76.2 Å². The van der Waals surface area contributed by atoms with Gasteiger partial charge in [-0.05, 0) is 52.8 Å². The minimum atomic E-state index is -0.135. The second-order valence-electron chi connectivity index (χ2n) is 10.3. The highest BCUT2D eigenvalue weighted by Crippen LogP contribution is 2.33. The second kappa shape index (κ2) is 10.6. The first kappa shape index (κ1) is 25.9. The molecule has 202 valence electrons. The molecule has 11 heteroatoms. The summed E-state index contributed by atoms with van der Waals surface area (Å²) in [6.07, 6.45) is 7.37. The van der Waals surface area contributed by atoms with Crippen molar-refractivity contribution in [3.05, 3.63) is 35.4 Å². The molecule has 0 fully saturated rings. The van der Waals surface area contributed by atoms with Gasteiger partial charge in [-0.15, -0.1) is 5.10 Å². The van der Waals surface area contributed by atoms with E-state index in [0.29, 0.717) is 31.4 Å². The van der Waals surface area contributed by atoms with Gasteiger partial charge in [-0.1, -0.05) is 0 Å². The molecule has 4 aromatic rings. The number of nitrogens with one attached hydrogen (secondary N) is 1. The van der Waals surface area contributed by atoms with Gasteiger partial charge in [0.05, 0.1) is 65.4 Å². The van der Waals surface area contributed by atoms with Gasteiger partial charge in [0.1, 0.15) is 6.10 Å². The topological polar surface area (TPSA) is 119 Å². The van der Waals surface area contributed by atoms with Crippen molar-refractivity contribution in [3.8, 4) is 23.0 Å². The maximum atomic E-state index is 9.81. The Morgan fingerprint density at radius 3 is 2.76 bits per heavy atom. The van der Waals surface area contributed by atoms with Crippen LogP contribution in [0, 0.1) is 0 Å².